The Bertz CT molecular complexity index is 762. The highest BCUT2D eigenvalue weighted by Crippen LogP contribution is 2.19. The number of guanidine groups is 1. The number of hydrogen-bond acceptors (Lipinski definition) is 4. The van der Waals surface area contributed by atoms with E-state index in [1.807, 2.05) is 37.3 Å². The minimum absolute atomic E-state index is 0.534. The van der Waals surface area contributed by atoms with Gasteiger partial charge in [0.1, 0.15) is 18.1 Å². The summed E-state index contributed by atoms with van der Waals surface area (Å²) in [4.78, 5) is 4.68. The maximum absolute atomic E-state index is 5.66. The van der Waals surface area contributed by atoms with Crippen molar-refractivity contribution in [3.63, 3.8) is 0 Å². The van der Waals surface area contributed by atoms with E-state index in [0.29, 0.717) is 26.3 Å². The molecule has 0 amide bonds. The van der Waals surface area contributed by atoms with Crippen molar-refractivity contribution in [2.45, 2.75) is 26.9 Å². The zero-order chi connectivity index (χ0) is 20.2. The smallest absolute Gasteiger partial charge is 0.191 e. The summed E-state index contributed by atoms with van der Waals surface area (Å²) in [6, 6.07) is 14.2. The topological polar surface area (TPSA) is 64.1 Å². The lowest BCUT2D eigenvalue weighted by molar-refractivity contribution is 0.146. The zero-order valence-corrected chi connectivity index (χ0v) is 17.2. The molecule has 0 atom stereocenters. The average molecular weight is 386 g/mol. The van der Waals surface area contributed by atoms with Crippen LogP contribution in [0.1, 0.15) is 23.6 Å². The van der Waals surface area contributed by atoms with Gasteiger partial charge in [-0.3, -0.25) is 0 Å². The van der Waals surface area contributed by atoms with Gasteiger partial charge in [-0.05, 0) is 43.2 Å². The van der Waals surface area contributed by atoms with Crippen LogP contribution in [0.4, 0.5) is 0 Å². The van der Waals surface area contributed by atoms with Gasteiger partial charge in [0.2, 0.25) is 0 Å². The molecular weight excluding hydrogens is 354 g/mol. The maximum Gasteiger partial charge on any atom is 0.191 e. The van der Waals surface area contributed by atoms with Crippen molar-refractivity contribution in [1.29, 1.82) is 0 Å². The first-order valence-electron chi connectivity index (χ1n) is 9.52. The fraction of sp³-hybridized carbons (Fsp3) is 0.409. The van der Waals surface area contributed by atoms with E-state index in [-0.39, 0.29) is 0 Å². The van der Waals surface area contributed by atoms with Gasteiger partial charge in [-0.25, -0.2) is 4.99 Å². The highest BCUT2D eigenvalue weighted by Gasteiger charge is 2.05. The first-order chi connectivity index (χ1) is 13.7. The fourth-order valence-corrected chi connectivity index (χ4v) is 2.67. The molecule has 0 spiro atoms. The molecule has 28 heavy (non-hydrogen) atoms. The van der Waals surface area contributed by atoms with Gasteiger partial charge in [0.25, 0.3) is 0 Å². The lowest BCUT2D eigenvalue weighted by Crippen LogP contribution is -2.36. The molecule has 0 bridgehead atoms. The van der Waals surface area contributed by atoms with E-state index in [2.05, 4.69) is 34.7 Å². The highest BCUT2D eigenvalue weighted by molar-refractivity contribution is 5.79. The van der Waals surface area contributed by atoms with Gasteiger partial charge in [0.05, 0.1) is 20.3 Å². The molecule has 0 aromatic heterocycles. The largest absolute Gasteiger partial charge is 0.496 e. The molecule has 2 aromatic carbocycles. The third kappa shape index (κ3) is 7.12. The number of hydrogen-bond donors (Lipinski definition) is 2. The van der Waals surface area contributed by atoms with E-state index in [1.165, 1.54) is 5.56 Å². The molecular formula is C22H31N3O3. The van der Waals surface area contributed by atoms with Crippen molar-refractivity contribution in [2.75, 3.05) is 34.0 Å². The summed E-state index contributed by atoms with van der Waals surface area (Å²) in [5.41, 5.74) is 3.35. The van der Waals surface area contributed by atoms with Gasteiger partial charge in [0.15, 0.2) is 5.96 Å². The van der Waals surface area contributed by atoms with Crippen molar-refractivity contribution in [1.82, 2.24) is 10.6 Å². The van der Waals surface area contributed by atoms with Crippen LogP contribution in [0, 0.1) is 6.92 Å². The van der Waals surface area contributed by atoms with Crippen LogP contribution in [0.3, 0.4) is 0 Å². The number of benzene rings is 2. The molecule has 2 aromatic rings. The van der Waals surface area contributed by atoms with Crippen LogP contribution in [-0.2, 0) is 17.8 Å². The molecule has 0 radical (unpaired) electrons. The zero-order valence-electron chi connectivity index (χ0n) is 17.2. The van der Waals surface area contributed by atoms with Gasteiger partial charge in [-0.1, -0.05) is 24.3 Å². The van der Waals surface area contributed by atoms with E-state index in [9.17, 15) is 0 Å². The second-order valence-electron chi connectivity index (χ2n) is 6.35. The minimum Gasteiger partial charge on any atom is -0.496 e. The Morgan fingerprint density at radius 1 is 1.04 bits per heavy atom. The third-order valence-electron chi connectivity index (χ3n) is 4.11. The second kappa shape index (κ2) is 11.9. The number of methoxy groups -OCH3 is 2. The van der Waals surface area contributed by atoms with Crippen LogP contribution in [0.15, 0.2) is 47.5 Å². The summed E-state index contributed by atoms with van der Waals surface area (Å²) in [6.45, 7) is 7.19. The first-order valence-corrected chi connectivity index (χ1v) is 9.52. The Morgan fingerprint density at radius 3 is 2.64 bits per heavy atom. The normalized spacial score (nSPS) is 11.2. The number of nitrogens with one attached hydrogen (secondary N) is 2. The van der Waals surface area contributed by atoms with Crippen LogP contribution in [-0.4, -0.2) is 39.9 Å². The molecule has 6 nitrogen and oxygen atoms in total. The van der Waals surface area contributed by atoms with Crippen LogP contribution in [0.5, 0.6) is 11.5 Å². The molecule has 2 rings (SSSR count). The molecule has 0 aliphatic rings. The van der Waals surface area contributed by atoms with Crippen molar-refractivity contribution in [3.8, 4) is 11.5 Å². The summed E-state index contributed by atoms with van der Waals surface area (Å²) >= 11 is 0. The fourth-order valence-electron chi connectivity index (χ4n) is 2.67. The third-order valence-corrected chi connectivity index (χ3v) is 4.11. The van der Waals surface area contributed by atoms with Gasteiger partial charge < -0.3 is 24.8 Å². The molecule has 0 fully saturated rings. The number of rotatable bonds is 10. The molecule has 0 aliphatic carbocycles. The number of aryl methyl sites for hydroxylation is 1. The van der Waals surface area contributed by atoms with Crippen LogP contribution in [0.25, 0.3) is 0 Å². The molecule has 0 unspecified atom stereocenters. The van der Waals surface area contributed by atoms with Gasteiger partial charge in [0, 0.05) is 25.8 Å². The first kappa shape index (κ1) is 21.6. The predicted octanol–water partition coefficient (Wildman–Crippen LogP) is 3.28. The Labute approximate surface area is 167 Å². The molecule has 2 N–H and O–H groups in total. The monoisotopic (exact) mass is 385 g/mol. The molecule has 0 saturated heterocycles. The molecule has 0 heterocycles. The molecule has 152 valence electrons. The summed E-state index contributed by atoms with van der Waals surface area (Å²) in [6.07, 6.45) is 0. The van der Waals surface area contributed by atoms with Gasteiger partial charge in [-0.2, -0.15) is 0 Å². The second-order valence-corrected chi connectivity index (χ2v) is 6.35. The Hall–Kier alpha value is -2.73. The number of aliphatic imine (C=N–C) groups is 1. The van der Waals surface area contributed by atoms with Crippen molar-refractivity contribution in [2.24, 2.45) is 4.99 Å². The number of nitrogens with zero attached hydrogens (tertiary/aromatic N) is 1. The number of ether oxygens (including phenoxy) is 3. The summed E-state index contributed by atoms with van der Waals surface area (Å²) in [5.74, 6) is 2.46. The van der Waals surface area contributed by atoms with Crippen molar-refractivity contribution >= 4 is 5.96 Å². The summed E-state index contributed by atoms with van der Waals surface area (Å²) in [7, 11) is 3.36. The van der Waals surface area contributed by atoms with Crippen LogP contribution >= 0.6 is 0 Å². The van der Waals surface area contributed by atoms with Crippen molar-refractivity contribution in [3.05, 3.63) is 59.2 Å². The van der Waals surface area contributed by atoms with Gasteiger partial charge in [-0.15, -0.1) is 0 Å². The van der Waals surface area contributed by atoms with E-state index in [4.69, 9.17) is 14.2 Å². The van der Waals surface area contributed by atoms with Crippen LogP contribution in [0.2, 0.25) is 0 Å². The SMILES string of the molecule is CCNC(=NCc1cccc(OCCOC)c1)NCc1ccc(C)cc1OC. The predicted molar refractivity (Wildman–Crippen MR) is 113 cm³/mol. The van der Waals surface area contributed by atoms with Crippen molar-refractivity contribution < 1.29 is 14.2 Å². The average Bonchev–Trinajstić information content (AvgIpc) is 2.71. The van der Waals surface area contributed by atoms with Gasteiger partial charge >= 0.3 is 0 Å². The van der Waals surface area contributed by atoms with E-state index >= 15 is 0 Å². The lowest BCUT2D eigenvalue weighted by Gasteiger charge is -2.14. The maximum atomic E-state index is 5.66. The summed E-state index contributed by atoms with van der Waals surface area (Å²) < 4.78 is 16.2. The standard InChI is InChI=1S/C22H31N3O3/c1-5-23-22(25-16-19-10-9-17(2)13-21(19)27-4)24-15-18-7-6-8-20(14-18)28-12-11-26-3/h6-10,13-14H,5,11-12,15-16H2,1-4H3,(H2,23,24,25). The van der Waals surface area contributed by atoms with Crippen LogP contribution < -0.4 is 20.1 Å². The van der Waals surface area contributed by atoms with E-state index in [0.717, 1.165) is 35.1 Å². The molecule has 0 aliphatic heterocycles. The highest BCUT2D eigenvalue weighted by atomic mass is 16.5. The Balaban J connectivity index is 1.99. The van der Waals surface area contributed by atoms with E-state index in [1.54, 1.807) is 14.2 Å². The Morgan fingerprint density at radius 2 is 1.89 bits per heavy atom. The lowest BCUT2D eigenvalue weighted by atomic mass is 10.1. The molecule has 6 heteroatoms. The van der Waals surface area contributed by atoms with E-state index < -0.39 is 0 Å². The minimum atomic E-state index is 0.534. The molecule has 0 saturated carbocycles. The Kier molecular flexibility index (Phi) is 9.15. The summed E-state index contributed by atoms with van der Waals surface area (Å²) in [5, 5.41) is 6.65. The quantitative estimate of drug-likeness (QED) is 0.373.